The SMILES string of the molecule is CCc1cc(N(N)/C=C(/C)N)ncc1C#N. The number of hydrogen-bond donors (Lipinski definition) is 2. The lowest BCUT2D eigenvalue weighted by molar-refractivity contribution is 0.992. The van der Waals surface area contributed by atoms with E-state index in [0.717, 1.165) is 12.0 Å². The van der Waals surface area contributed by atoms with Crippen molar-refractivity contribution in [1.82, 2.24) is 4.98 Å². The normalized spacial score (nSPS) is 11.0. The third-order valence-electron chi connectivity index (χ3n) is 2.08. The predicted octanol–water partition coefficient (Wildman–Crippen LogP) is 1.02. The molecule has 0 aliphatic heterocycles. The zero-order valence-electron chi connectivity index (χ0n) is 9.44. The maximum Gasteiger partial charge on any atom is 0.147 e. The number of nitrogens with zero attached hydrogens (tertiary/aromatic N) is 3. The second-order valence-corrected chi connectivity index (χ2v) is 3.45. The van der Waals surface area contributed by atoms with Crippen LogP contribution in [0, 0.1) is 11.3 Å². The second kappa shape index (κ2) is 5.14. The Morgan fingerprint density at radius 1 is 1.69 bits per heavy atom. The van der Waals surface area contributed by atoms with Crippen LogP contribution in [0.2, 0.25) is 0 Å². The van der Waals surface area contributed by atoms with E-state index in [-0.39, 0.29) is 0 Å². The highest BCUT2D eigenvalue weighted by molar-refractivity contribution is 5.48. The van der Waals surface area contributed by atoms with Crippen LogP contribution >= 0.6 is 0 Å². The summed E-state index contributed by atoms with van der Waals surface area (Å²) in [5, 5.41) is 10.2. The molecule has 1 rings (SSSR count). The van der Waals surface area contributed by atoms with E-state index in [9.17, 15) is 0 Å². The van der Waals surface area contributed by atoms with Gasteiger partial charge in [-0.15, -0.1) is 0 Å². The van der Waals surface area contributed by atoms with Crippen LogP contribution in [0.1, 0.15) is 25.0 Å². The summed E-state index contributed by atoms with van der Waals surface area (Å²) in [6.45, 7) is 3.72. The average molecular weight is 217 g/mol. The van der Waals surface area contributed by atoms with Gasteiger partial charge < -0.3 is 5.73 Å². The fraction of sp³-hybridized carbons (Fsp3) is 0.273. The Hall–Kier alpha value is -2.06. The molecule has 0 fully saturated rings. The molecule has 0 atom stereocenters. The first-order valence-corrected chi connectivity index (χ1v) is 4.95. The maximum absolute atomic E-state index is 8.86. The highest BCUT2D eigenvalue weighted by atomic mass is 15.4. The summed E-state index contributed by atoms with van der Waals surface area (Å²) in [5.41, 5.74) is 7.61. The average Bonchev–Trinajstić information content (AvgIpc) is 2.27. The van der Waals surface area contributed by atoms with E-state index in [2.05, 4.69) is 11.1 Å². The molecular weight excluding hydrogens is 202 g/mol. The number of anilines is 1. The monoisotopic (exact) mass is 217 g/mol. The van der Waals surface area contributed by atoms with Gasteiger partial charge in [-0.3, -0.25) is 5.01 Å². The third-order valence-corrected chi connectivity index (χ3v) is 2.08. The maximum atomic E-state index is 8.86. The minimum atomic E-state index is 0.570. The quantitative estimate of drug-likeness (QED) is 0.582. The molecule has 0 unspecified atom stereocenters. The lowest BCUT2D eigenvalue weighted by Gasteiger charge is -2.14. The standard InChI is InChI=1S/C11H15N5/c1-3-9-4-11(15-6-10(9)5-12)16(14)7-8(2)13/h4,6-7H,3,13-14H2,1-2H3/b8-7-. The van der Waals surface area contributed by atoms with Gasteiger partial charge in [0, 0.05) is 18.1 Å². The fourth-order valence-corrected chi connectivity index (χ4v) is 1.30. The molecule has 16 heavy (non-hydrogen) atoms. The fourth-order valence-electron chi connectivity index (χ4n) is 1.30. The van der Waals surface area contributed by atoms with Gasteiger partial charge in [0.05, 0.1) is 5.56 Å². The summed E-state index contributed by atoms with van der Waals surface area (Å²) in [4.78, 5) is 4.09. The highest BCUT2D eigenvalue weighted by Crippen LogP contribution is 2.15. The Bertz CT molecular complexity index is 440. The number of allylic oxidation sites excluding steroid dienone is 1. The number of pyridine rings is 1. The van der Waals surface area contributed by atoms with Gasteiger partial charge in [0.1, 0.15) is 11.9 Å². The number of hydrazine groups is 1. The second-order valence-electron chi connectivity index (χ2n) is 3.45. The minimum absolute atomic E-state index is 0.570. The third kappa shape index (κ3) is 2.72. The zero-order valence-corrected chi connectivity index (χ0v) is 9.44. The first-order chi connectivity index (χ1) is 7.58. The van der Waals surface area contributed by atoms with Crippen LogP contribution in [-0.2, 0) is 6.42 Å². The van der Waals surface area contributed by atoms with Gasteiger partial charge in [-0.2, -0.15) is 5.26 Å². The Labute approximate surface area is 95.0 Å². The van der Waals surface area contributed by atoms with E-state index in [1.807, 2.05) is 6.92 Å². The first-order valence-electron chi connectivity index (χ1n) is 4.95. The molecular formula is C11H15N5. The summed E-state index contributed by atoms with van der Waals surface area (Å²) < 4.78 is 0. The molecule has 0 aliphatic carbocycles. The molecule has 5 heteroatoms. The van der Waals surface area contributed by atoms with Crippen LogP contribution in [0.5, 0.6) is 0 Å². The number of rotatable bonds is 3. The topological polar surface area (TPSA) is 92.0 Å². The molecule has 0 saturated carbocycles. The van der Waals surface area contributed by atoms with Crippen molar-refractivity contribution in [2.24, 2.45) is 11.6 Å². The summed E-state index contributed by atoms with van der Waals surface area (Å²) >= 11 is 0. The van der Waals surface area contributed by atoms with E-state index >= 15 is 0 Å². The van der Waals surface area contributed by atoms with Gasteiger partial charge in [0.15, 0.2) is 0 Å². The molecule has 1 aromatic heterocycles. The Morgan fingerprint density at radius 3 is 2.88 bits per heavy atom. The van der Waals surface area contributed by atoms with Crippen molar-refractivity contribution >= 4 is 5.82 Å². The molecule has 0 amide bonds. The zero-order chi connectivity index (χ0) is 12.1. The summed E-state index contributed by atoms with van der Waals surface area (Å²) in [5.74, 6) is 6.31. The first kappa shape index (κ1) is 12.0. The van der Waals surface area contributed by atoms with Crippen LogP contribution in [0.25, 0.3) is 0 Å². The van der Waals surface area contributed by atoms with Crippen molar-refractivity contribution in [3.8, 4) is 6.07 Å². The van der Waals surface area contributed by atoms with Crippen molar-refractivity contribution in [3.05, 3.63) is 35.3 Å². The number of nitriles is 1. The van der Waals surface area contributed by atoms with Crippen LogP contribution in [0.4, 0.5) is 5.82 Å². The van der Waals surface area contributed by atoms with Crippen molar-refractivity contribution in [1.29, 1.82) is 5.26 Å². The molecule has 0 saturated heterocycles. The van der Waals surface area contributed by atoms with E-state index in [0.29, 0.717) is 17.1 Å². The Balaban J connectivity index is 3.09. The predicted molar refractivity (Wildman–Crippen MR) is 62.9 cm³/mol. The number of hydrogen-bond acceptors (Lipinski definition) is 5. The lowest BCUT2D eigenvalue weighted by Crippen LogP contribution is -2.26. The largest absolute Gasteiger partial charge is 0.401 e. The molecule has 1 heterocycles. The minimum Gasteiger partial charge on any atom is -0.401 e. The van der Waals surface area contributed by atoms with Gasteiger partial charge in [-0.25, -0.2) is 10.8 Å². The highest BCUT2D eigenvalue weighted by Gasteiger charge is 2.05. The van der Waals surface area contributed by atoms with Gasteiger partial charge >= 0.3 is 0 Å². The van der Waals surface area contributed by atoms with Crippen LogP contribution in [0.15, 0.2) is 24.2 Å². The number of nitrogens with two attached hydrogens (primary N) is 2. The van der Waals surface area contributed by atoms with Crippen molar-refractivity contribution in [2.75, 3.05) is 5.01 Å². The van der Waals surface area contributed by atoms with E-state index in [1.54, 1.807) is 19.2 Å². The van der Waals surface area contributed by atoms with Gasteiger partial charge in [-0.05, 0) is 25.0 Å². The smallest absolute Gasteiger partial charge is 0.147 e. The van der Waals surface area contributed by atoms with Crippen LogP contribution in [-0.4, -0.2) is 4.98 Å². The Morgan fingerprint density at radius 2 is 2.38 bits per heavy atom. The molecule has 0 radical (unpaired) electrons. The van der Waals surface area contributed by atoms with Crippen molar-refractivity contribution in [2.45, 2.75) is 20.3 Å². The Kier molecular flexibility index (Phi) is 3.86. The molecule has 84 valence electrons. The molecule has 0 aliphatic rings. The molecule has 0 aromatic carbocycles. The molecule has 0 bridgehead atoms. The van der Waals surface area contributed by atoms with Crippen molar-refractivity contribution < 1.29 is 0 Å². The number of aryl methyl sites for hydroxylation is 1. The van der Waals surface area contributed by atoms with Crippen LogP contribution < -0.4 is 16.6 Å². The molecule has 4 N–H and O–H groups in total. The van der Waals surface area contributed by atoms with E-state index < -0.39 is 0 Å². The van der Waals surface area contributed by atoms with Crippen molar-refractivity contribution in [3.63, 3.8) is 0 Å². The van der Waals surface area contributed by atoms with E-state index in [4.69, 9.17) is 16.8 Å². The molecule has 0 spiro atoms. The van der Waals surface area contributed by atoms with Gasteiger partial charge in [0.25, 0.3) is 0 Å². The summed E-state index contributed by atoms with van der Waals surface area (Å²) in [7, 11) is 0. The van der Waals surface area contributed by atoms with E-state index in [1.165, 1.54) is 11.2 Å². The van der Waals surface area contributed by atoms with Gasteiger partial charge in [0.2, 0.25) is 0 Å². The summed E-state index contributed by atoms with van der Waals surface area (Å²) in [6, 6.07) is 3.88. The lowest BCUT2D eigenvalue weighted by atomic mass is 10.1. The molecule has 5 nitrogen and oxygen atoms in total. The molecule has 1 aromatic rings. The summed E-state index contributed by atoms with van der Waals surface area (Å²) in [6.07, 6.45) is 3.86. The van der Waals surface area contributed by atoms with Crippen LogP contribution in [0.3, 0.4) is 0 Å². The number of aromatic nitrogens is 1. The van der Waals surface area contributed by atoms with Gasteiger partial charge in [-0.1, -0.05) is 6.92 Å².